The summed E-state index contributed by atoms with van der Waals surface area (Å²) in [7, 11) is 0. The highest BCUT2D eigenvalue weighted by atomic mass is 16.3. The van der Waals surface area contributed by atoms with Gasteiger partial charge >= 0.3 is 0 Å². The quantitative estimate of drug-likeness (QED) is 0.490. The Morgan fingerprint density at radius 2 is 1.67 bits per heavy atom. The van der Waals surface area contributed by atoms with Crippen molar-refractivity contribution in [1.82, 2.24) is 15.5 Å². The van der Waals surface area contributed by atoms with Gasteiger partial charge in [0.05, 0.1) is 12.1 Å². The van der Waals surface area contributed by atoms with Crippen LogP contribution in [0, 0.1) is 5.92 Å². The SMILES string of the molecule is CCNC(=NCC1(O)CCCCC1)NC1CCN(CC2CCCCC2)CC1. The van der Waals surface area contributed by atoms with Crippen molar-refractivity contribution < 1.29 is 5.11 Å². The minimum absolute atomic E-state index is 0.506. The van der Waals surface area contributed by atoms with Crippen molar-refractivity contribution in [2.75, 3.05) is 32.7 Å². The van der Waals surface area contributed by atoms with Gasteiger partial charge in [-0.2, -0.15) is 0 Å². The van der Waals surface area contributed by atoms with Gasteiger partial charge in [-0.25, -0.2) is 0 Å². The van der Waals surface area contributed by atoms with Crippen molar-refractivity contribution in [3.63, 3.8) is 0 Å². The van der Waals surface area contributed by atoms with E-state index >= 15 is 0 Å². The Morgan fingerprint density at radius 1 is 1.00 bits per heavy atom. The van der Waals surface area contributed by atoms with Crippen LogP contribution in [0.4, 0.5) is 0 Å². The zero-order valence-electron chi connectivity index (χ0n) is 17.5. The van der Waals surface area contributed by atoms with Crippen molar-refractivity contribution in [2.24, 2.45) is 10.9 Å². The fourth-order valence-electron chi connectivity index (χ4n) is 5.10. The minimum atomic E-state index is -0.579. The monoisotopic (exact) mass is 378 g/mol. The van der Waals surface area contributed by atoms with Gasteiger partial charge in [-0.05, 0) is 51.4 Å². The highest BCUT2D eigenvalue weighted by molar-refractivity contribution is 5.80. The Morgan fingerprint density at radius 3 is 2.33 bits per heavy atom. The first-order chi connectivity index (χ1) is 13.2. The summed E-state index contributed by atoms with van der Waals surface area (Å²) < 4.78 is 0. The van der Waals surface area contributed by atoms with E-state index in [1.165, 1.54) is 71.0 Å². The van der Waals surface area contributed by atoms with E-state index in [2.05, 4.69) is 22.5 Å². The van der Waals surface area contributed by atoms with Crippen LogP contribution in [0.15, 0.2) is 4.99 Å². The van der Waals surface area contributed by atoms with Crippen molar-refractivity contribution in [1.29, 1.82) is 0 Å². The fraction of sp³-hybridized carbons (Fsp3) is 0.955. The standard InChI is InChI=1S/C22H42N4O/c1-2-23-21(24-18-22(27)13-7-4-8-14-22)25-20-11-15-26(16-12-20)17-19-9-5-3-6-10-19/h19-20,27H,2-18H2,1H3,(H2,23,24,25). The van der Waals surface area contributed by atoms with Crippen molar-refractivity contribution >= 4 is 5.96 Å². The Hall–Kier alpha value is -0.810. The van der Waals surface area contributed by atoms with Crippen LogP contribution in [0.25, 0.3) is 0 Å². The van der Waals surface area contributed by atoms with Crippen LogP contribution in [0.3, 0.4) is 0 Å². The van der Waals surface area contributed by atoms with Crippen LogP contribution >= 0.6 is 0 Å². The molecule has 0 aromatic rings. The van der Waals surface area contributed by atoms with Crippen LogP contribution in [0.5, 0.6) is 0 Å². The molecule has 0 atom stereocenters. The van der Waals surface area contributed by atoms with Crippen LogP contribution in [-0.2, 0) is 0 Å². The van der Waals surface area contributed by atoms with Crippen LogP contribution in [0.1, 0.15) is 84.0 Å². The molecule has 1 heterocycles. The highest BCUT2D eigenvalue weighted by Crippen LogP contribution is 2.28. The van der Waals surface area contributed by atoms with Gasteiger partial charge in [-0.1, -0.05) is 38.5 Å². The largest absolute Gasteiger partial charge is 0.388 e. The number of piperidine rings is 1. The summed E-state index contributed by atoms with van der Waals surface area (Å²) in [5, 5.41) is 17.7. The lowest BCUT2D eigenvalue weighted by molar-refractivity contribution is 0.0131. The number of nitrogens with zero attached hydrogens (tertiary/aromatic N) is 2. The van der Waals surface area contributed by atoms with Crippen LogP contribution < -0.4 is 10.6 Å². The Kier molecular flexibility index (Phi) is 8.25. The van der Waals surface area contributed by atoms with Gasteiger partial charge < -0.3 is 20.6 Å². The number of rotatable bonds is 6. The maximum atomic E-state index is 10.7. The zero-order chi connectivity index (χ0) is 19.0. The lowest BCUT2D eigenvalue weighted by Gasteiger charge is -2.36. The number of nitrogens with one attached hydrogen (secondary N) is 2. The Labute approximate surface area is 166 Å². The number of likely N-dealkylation sites (tertiary alicyclic amines) is 1. The molecular weight excluding hydrogens is 336 g/mol. The van der Waals surface area contributed by atoms with Gasteiger partial charge in [-0.3, -0.25) is 4.99 Å². The number of hydrogen-bond acceptors (Lipinski definition) is 3. The average molecular weight is 379 g/mol. The van der Waals surface area contributed by atoms with Gasteiger partial charge in [0.2, 0.25) is 0 Å². The normalized spacial score (nSPS) is 26.1. The fourth-order valence-corrected chi connectivity index (χ4v) is 5.10. The molecule has 0 unspecified atom stereocenters. The highest BCUT2D eigenvalue weighted by Gasteiger charge is 2.29. The molecule has 156 valence electrons. The molecule has 5 nitrogen and oxygen atoms in total. The molecule has 27 heavy (non-hydrogen) atoms. The Balaban J connectivity index is 1.42. The average Bonchev–Trinajstić information content (AvgIpc) is 2.69. The molecule has 0 aromatic carbocycles. The molecule has 2 saturated carbocycles. The first-order valence-electron chi connectivity index (χ1n) is 11.7. The third kappa shape index (κ3) is 6.94. The van der Waals surface area contributed by atoms with E-state index in [4.69, 9.17) is 4.99 Å². The molecule has 3 rings (SSSR count). The number of aliphatic imine (C=N–C) groups is 1. The van der Waals surface area contributed by atoms with Crippen molar-refractivity contribution in [3.8, 4) is 0 Å². The molecule has 3 aliphatic rings. The van der Waals surface area contributed by atoms with E-state index in [0.717, 1.165) is 44.1 Å². The maximum absolute atomic E-state index is 10.7. The second kappa shape index (κ2) is 10.7. The molecule has 1 aliphatic heterocycles. The predicted molar refractivity (Wildman–Crippen MR) is 113 cm³/mol. The summed E-state index contributed by atoms with van der Waals surface area (Å²) >= 11 is 0. The molecule has 2 aliphatic carbocycles. The molecule has 0 radical (unpaired) electrons. The summed E-state index contributed by atoms with van der Waals surface area (Å²) in [5.74, 6) is 1.83. The van der Waals surface area contributed by atoms with Gasteiger partial charge in [0.1, 0.15) is 0 Å². The summed E-state index contributed by atoms with van der Waals surface area (Å²) in [4.78, 5) is 7.43. The van der Waals surface area contributed by atoms with Crippen molar-refractivity contribution in [2.45, 2.75) is 95.6 Å². The summed E-state index contributed by atoms with van der Waals surface area (Å²) in [6, 6.07) is 0.506. The molecule has 5 heteroatoms. The van der Waals surface area contributed by atoms with Gasteiger partial charge in [0, 0.05) is 32.2 Å². The van der Waals surface area contributed by atoms with Gasteiger partial charge in [0.15, 0.2) is 5.96 Å². The predicted octanol–water partition coefficient (Wildman–Crippen LogP) is 3.28. The zero-order valence-corrected chi connectivity index (χ0v) is 17.5. The summed E-state index contributed by atoms with van der Waals surface area (Å²) in [5.41, 5.74) is -0.579. The first-order valence-corrected chi connectivity index (χ1v) is 11.7. The van der Waals surface area contributed by atoms with E-state index in [-0.39, 0.29) is 0 Å². The van der Waals surface area contributed by atoms with Crippen LogP contribution in [0.2, 0.25) is 0 Å². The minimum Gasteiger partial charge on any atom is -0.388 e. The number of guanidine groups is 1. The lowest BCUT2D eigenvalue weighted by Crippen LogP contribution is -2.50. The lowest BCUT2D eigenvalue weighted by atomic mass is 9.85. The van der Waals surface area contributed by atoms with E-state index < -0.39 is 5.60 Å². The van der Waals surface area contributed by atoms with Gasteiger partial charge in [-0.15, -0.1) is 0 Å². The topological polar surface area (TPSA) is 59.9 Å². The first kappa shape index (κ1) is 20.9. The molecule has 1 saturated heterocycles. The second-order valence-electron chi connectivity index (χ2n) is 9.20. The molecule has 3 N–H and O–H groups in total. The van der Waals surface area contributed by atoms with Crippen LogP contribution in [-0.4, -0.2) is 60.3 Å². The van der Waals surface area contributed by atoms with Crippen molar-refractivity contribution in [3.05, 3.63) is 0 Å². The third-order valence-corrected chi connectivity index (χ3v) is 6.83. The molecule has 0 spiro atoms. The molecule has 0 bridgehead atoms. The van der Waals surface area contributed by atoms with E-state index in [1.807, 2.05) is 0 Å². The second-order valence-corrected chi connectivity index (χ2v) is 9.20. The number of hydrogen-bond donors (Lipinski definition) is 3. The Bertz CT molecular complexity index is 447. The summed E-state index contributed by atoms with van der Waals surface area (Å²) in [6.45, 7) is 7.23. The third-order valence-electron chi connectivity index (χ3n) is 6.83. The molecule has 0 amide bonds. The molecule has 0 aromatic heterocycles. The molecular formula is C22H42N4O. The smallest absolute Gasteiger partial charge is 0.191 e. The number of aliphatic hydroxyl groups is 1. The van der Waals surface area contributed by atoms with E-state index in [9.17, 15) is 5.11 Å². The van der Waals surface area contributed by atoms with E-state index in [1.54, 1.807) is 0 Å². The molecule has 3 fully saturated rings. The summed E-state index contributed by atoms with van der Waals surface area (Å²) in [6.07, 6.45) is 14.9. The van der Waals surface area contributed by atoms with Gasteiger partial charge in [0.25, 0.3) is 0 Å². The van der Waals surface area contributed by atoms with E-state index in [0.29, 0.717) is 12.6 Å². The maximum Gasteiger partial charge on any atom is 0.191 e.